The van der Waals surface area contributed by atoms with Gasteiger partial charge in [-0.05, 0) is 31.6 Å². The van der Waals surface area contributed by atoms with Gasteiger partial charge in [0, 0.05) is 0 Å². The van der Waals surface area contributed by atoms with Crippen molar-refractivity contribution in [2.75, 3.05) is 0 Å². The molecule has 0 amide bonds. The summed E-state index contributed by atoms with van der Waals surface area (Å²) in [5.41, 5.74) is 2.13. The number of nitrogens with zero attached hydrogens (tertiary/aromatic N) is 3. The van der Waals surface area contributed by atoms with Crippen LogP contribution in [0.15, 0.2) is 41.9 Å². The fraction of sp³-hybridized carbons (Fsp3) is 0.167. The Balaban J connectivity index is 2.47. The fourth-order valence-electron chi connectivity index (χ4n) is 1.38. The third kappa shape index (κ3) is 2.19. The molecule has 18 heavy (non-hydrogen) atoms. The van der Waals surface area contributed by atoms with E-state index in [2.05, 4.69) is 16.9 Å². The molecule has 0 aliphatic carbocycles. The second kappa shape index (κ2) is 4.38. The van der Waals surface area contributed by atoms with E-state index in [0.717, 1.165) is 9.65 Å². The van der Waals surface area contributed by atoms with Crippen molar-refractivity contribution < 1.29 is 8.42 Å². The number of hydrogen-bond acceptors (Lipinski definition) is 4. The van der Waals surface area contributed by atoms with E-state index in [1.54, 1.807) is 31.2 Å². The first-order chi connectivity index (χ1) is 8.41. The van der Waals surface area contributed by atoms with Crippen molar-refractivity contribution in [3.63, 3.8) is 0 Å². The third-order valence-corrected chi connectivity index (χ3v) is 4.01. The summed E-state index contributed by atoms with van der Waals surface area (Å²) in [7, 11) is -3.67. The van der Waals surface area contributed by atoms with Crippen LogP contribution in [-0.2, 0) is 10.0 Å². The van der Waals surface area contributed by atoms with Crippen molar-refractivity contribution in [3.05, 3.63) is 48.3 Å². The van der Waals surface area contributed by atoms with Gasteiger partial charge in [-0.3, -0.25) is 0 Å². The predicted octanol–water partition coefficient (Wildman–Crippen LogP) is 1.86. The Morgan fingerprint density at radius 2 is 1.89 bits per heavy atom. The molecule has 5 nitrogen and oxygen atoms in total. The molecule has 6 heteroatoms. The van der Waals surface area contributed by atoms with Crippen molar-refractivity contribution in [1.82, 2.24) is 14.4 Å². The van der Waals surface area contributed by atoms with E-state index < -0.39 is 10.0 Å². The SMILES string of the molecule is C=C(C)c1cn(S(=O)(=O)c2ccc(C)cc2)nn1. The highest BCUT2D eigenvalue weighted by molar-refractivity contribution is 7.89. The van der Waals surface area contributed by atoms with Crippen LogP contribution < -0.4 is 0 Å². The average Bonchev–Trinajstić information content (AvgIpc) is 2.79. The number of allylic oxidation sites excluding steroid dienone is 1. The molecule has 0 aliphatic rings. The highest BCUT2D eigenvalue weighted by Gasteiger charge is 2.18. The van der Waals surface area contributed by atoms with E-state index in [-0.39, 0.29) is 4.90 Å². The lowest BCUT2D eigenvalue weighted by molar-refractivity contribution is 0.577. The van der Waals surface area contributed by atoms with Crippen LogP contribution >= 0.6 is 0 Å². The lowest BCUT2D eigenvalue weighted by atomic mass is 10.2. The minimum absolute atomic E-state index is 0.186. The largest absolute Gasteiger partial charge is 0.284 e. The van der Waals surface area contributed by atoms with E-state index in [9.17, 15) is 8.42 Å². The molecule has 0 bridgehead atoms. The summed E-state index contributed by atoms with van der Waals surface area (Å²) in [5, 5.41) is 7.39. The molecule has 2 rings (SSSR count). The normalized spacial score (nSPS) is 11.4. The maximum absolute atomic E-state index is 12.2. The minimum atomic E-state index is -3.67. The smallest absolute Gasteiger partial charge is 0.199 e. The molecule has 1 heterocycles. The molecule has 0 atom stereocenters. The number of benzene rings is 1. The van der Waals surface area contributed by atoms with Crippen molar-refractivity contribution in [2.24, 2.45) is 0 Å². The van der Waals surface area contributed by atoms with Crippen LogP contribution in [0.5, 0.6) is 0 Å². The van der Waals surface area contributed by atoms with Crippen LogP contribution in [0.4, 0.5) is 0 Å². The zero-order chi connectivity index (χ0) is 13.3. The second-order valence-electron chi connectivity index (χ2n) is 4.07. The molecule has 0 spiro atoms. The van der Waals surface area contributed by atoms with Gasteiger partial charge in [0.1, 0.15) is 5.69 Å². The Hall–Kier alpha value is -1.95. The van der Waals surface area contributed by atoms with Crippen molar-refractivity contribution in [2.45, 2.75) is 18.7 Å². The first kappa shape index (κ1) is 12.5. The molecule has 2 aromatic rings. The van der Waals surface area contributed by atoms with Gasteiger partial charge in [0.05, 0.1) is 11.1 Å². The Morgan fingerprint density at radius 1 is 1.28 bits per heavy atom. The third-order valence-electron chi connectivity index (χ3n) is 2.48. The van der Waals surface area contributed by atoms with E-state index in [0.29, 0.717) is 11.3 Å². The first-order valence-corrected chi connectivity index (χ1v) is 6.76. The molecule has 0 saturated heterocycles. The molecule has 1 aromatic carbocycles. The van der Waals surface area contributed by atoms with E-state index in [1.165, 1.54) is 6.20 Å². The average molecular weight is 263 g/mol. The summed E-state index contributed by atoms with van der Waals surface area (Å²) in [4.78, 5) is 0.186. The van der Waals surface area contributed by atoms with Crippen LogP contribution in [0.25, 0.3) is 5.57 Å². The minimum Gasteiger partial charge on any atom is -0.199 e. The molecule has 0 aliphatic heterocycles. The second-order valence-corrected chi connectivity index (χ2v) is 5.87. The predicted molar refractivity (Wildman–Crippen MR) is 68.5 cm³/mol. The molecule has 0 radical (unpaired) electrons. The Kier molecular flexibility index (Phi) is 3.04. The summed E-state index contributed by atoms with van der Waals surface area (Å²) in [6.07, 6.45) is 1.36. The molecule has 0 unspecified atom stereocenters. The van der Waals surface area contributed by atoms with Gasteiger partial charge in [0.25, 0.3) is 10.0 Å². The summed E-state index contributed by atoms with van der Waals surface area (Å²) in [6.45, 7) is 7.33. The van der Waals surface area contributed by atoms with Gasteiger partial charge in [0.2, 0.25) is 0 Å². The van der Waals surface area contributed by atoms with Gasteiger partial charge in [-0.1, -0.05) is 29.5 Å². The molecular formula is C12H13N3O2S. The topological polar surface area (TPSA) is 64.8 Å². The van der Waals surface area contributed by atoms with Gasteiger partial charge >= 0.3 is 0 Å². The van der Waals surface area contributed by atoms with Gasteiger partial charge in [-0.2, -0.15) is 8.42 Å². The highest BCUT2D eigenvalue weighted by atomic mass is 32.2. The molecule has 0 fully saturated rings. The number of rotatable bonds is 3. The molecular weight excluding hydrogens is 250 g/mol. The van der Waals surface area contributed by atoms with Crippen LogP contribution in [0.3, 0.4) is 0 Å². The summed E-state index contributed by atoms with van der Waals surface area (Å²) < 4.78 is 25.3. The summed E-state index contributed by atoms with van der Waals surface area (Å²) in [5.74, 6) is 0. The quantitative estimate of drug-likeness (QED) is 0.847. The monoisotopic (exact) mass is 263 g/mol. The molecule has 94 valence electrons. The Morgan fingerprint density at radius 3 is 2.39 bits per heavy atom. The standard InChI is InChI=1S/C12H13N3O2S/c1-9(2)12-8-15(14-13-12)18(16,17)11-6-4-10(3)5-7-11/h4-8H,1H2,2-3H3. The van der Waals surface area contributed by atoms with Gasteiger partial charge in [0.15, 0.2) is 0 Å². The highest BCUT2D eigenvalue weighted by Crippen LogP contribution is 2.15. The zero-order valence-corrected chi connectivity index (χ0v) is 11.0. The fourth-order valence-corrected chi connectivity index (χ4v) is 2.45. The zero-order valence-electron chi connectivity index (χ0n) is 10.2. The maximum Gasteiger partial charge on any atom is 0.284 e. The summed E-state index contributed by atoms with van der Waals surface area (Å²) in [6, 6.07) is 6.58. The first-order valence-electron chi connectivity index (χ1n) is 5.32. The number of aromatic nitrogens is 3. The summed E-state index contributed by atoms with van der Waals surface area (Å²) >= 11 is 0. The van der Waals surface area contributed by atoms with Gasteiger partial charge in [-0.25, -0.2) is 0 Å². The van der Waals surface area contributed by atoms with Crippen LogP contribution in [0, 0.1) is 6.92 Å². The molecule has 0 saturated carbocycles. The van der Waals surface area contributed by atoms with Crippen LogP contribution in [0.2, 0.25) is 0 Å². The lowest BCUT2D eigenvalue weighted by Gasteiger charge is -2.03. The van der Waals surface area contributed by atoms with E-state index in [1.807, 2.05) is 6.92 Å². The van der Waals surface area contributed by atoms with Gasteiger partial charge in [-0.15, -0.1) is 9.19 Å². The Labute approximate surface area is 106 Å². The van der Waals surface area contributed by atoms with Crippen molar-refractivity contribution in [1.29, 1.82) is 0 Å². The number of aryl methyl sites for hydroxylation is 1. The Bertz CT molecular complexity index is 684. The van der Waals surface area contributed by atoms with Crippen LogP contribution in [-0.4, -0.2) is 22.8 Å². The maximum atomic E-state index is 12.2. The number of hydrogen-bond donors (Lipinski definition) is 0. The van der Waals surface area contributed by atoms with Crippen LogP contribution in [0.1, 0.15) is 18.2 Å². The molecule has 1 aromatic heterocycles. The molecule has 0 N–H and O–H groups in total. The lowest BCUT2D eigenvalue weighted by Crippen LogP contribution is -2.13. The van der Waals surface area contributed by atoms with Crippen molar-refractivity contribution in [3.8, 4) is 0 Å². The van der Waals surface area contributed by atoms with Crippen molar-refractivity contribution >= 4 is 15.6 Å². The van der Waals surface area contributed by atoms with E-state index in [4.69, 9.17) is 0 Å². The van der Waals surface area contributed by atoms with Gasteiger partial charge < -0.3 is 0 Å². The van der Waals surface area contributed by atoms with E-state index >= 15 is 0 Å².